The molecule has 3 heterocycles. The second-order valence-corrected chi connectivity index (χ2v) is 9.88. The van der Waals surface area contributed by atoms with E-state index in [1.54, 1.807) is 26.3 Å². The summed E-state index contributed by atoms with van der Waals surface area (Å²) in [6.07, 6.45) is 4.67. The Bertz CT molecular complexity index is 1210. The van der Waals surface area contributed by atoms with Crippen LogP contribution in [0.2, 0.25) is 0 Å². The van der Waals surface area contributed by atoms with E-state index in [0.717, 1.165) is 11.8 Å². The fourth-order valence-corrected chi connectivity index (χ4v) is 3.91. The van der Waals surface area contributed by atoms with Crippen molar-refractivity contribution in [1.29, 1.82) is 5.26 Å². The molecule has 3 aromatic heterocycles. The van der Waals surface area contributed by atoms with Gasteiger partial charge in [0.25, 0.3) is 5.88 Å². The number of nitrogens with zero attached hydrogens (tertiary/aromatic N) is 6. The van der Waals surface area contributed by atoms with Crippen molar-refractivity contribution in [3.63, 3.8) is 0 Å². The minimum absolute atomic E-state index is 0.0757. The highest BCUT2D eigenvalue weighted by Gasteiger charge is 2.43. The Balaban J connectivity index is 1.70. The summed E-state index contributed by atoms with van der Waals surface area (Å²) < 4.78 is 15.0. The van der Waals surface area contributed by atoms with E-state index in [-0.39, 0.29) is 17.4 Å². The molecule has 4 rings (SSSR count). The highest BCUT2D eigenvalue weighted by atomic mass is 16.5. The maximum Gasteiger partial charge on any atom is 0.257 e. The van der Waals surface area contributed by atoms with E-state index in [1.165, 1.54) is 0 Å². The van der Waals surface area contributed by atoms with Crippen molar-refractivity contribution in [3.8, 4) is 11.9 Å². The molecule has 3 aromatic rings. The Morgan fingerprint density at radius 2 is 2.21 bits per heavy atom. The van der Waals surface area contributed by atoms with Gasteiger partial charge in [0.2, 0.25) is 5.95 Å². The molecule has 0 amide bonds. The molecule has 1 saturated carbocycles. The summed E-state index contributed by atoms with van der Waals surface area (Å²) in [5.41, 5.74) is 0.874. The standard InChI is InChI=1S/C20H28B3N7O3/c1-11(10-32-3)30-13(7-24)6-12-8-25-18(27-16(12)30)26-14-9-29(20(21,22)23)28-17(14)33-15-4-5-19(15,2)31/h6,8-9,11,15,31H,4-5,10,21-23H2,1-3H3,(H,25,26,27)/t11-,15-,19+/m0/s1. The van der Waals surface area contributed by atoms with Gasteiger partial charge in [-0.05, 0) is 38.0 Å². The number of aromatic nitrogens is 5. The van der Waals surface area contributed by atoms with Crippen LogP contribution in [0.5, 0.6) is 5.88 Å². The van der Waals surface area contributed by atoms with Gasteiger partial charge in [-0.2, -0.15) is 10.2 Å². The van der Waals surface area contributed by atoms with Crippen LogP contribution >= 0.6 is 0 Å². The van der Waals surface area contributed by atoms with Crippen LogP contribution in [0.15, 0.2) is 18.5 Å². The first-order valence-corrected chi connectivity index (χ1v) is 11.1. The van der Waals surface area contributed by atoms with Crippen molar-refractivity contribution in [2.75, 3.05) is 19.0 Å². The second-order valence-electron chi connectivity index (χ2n) is 9.88. The van der Waals surface area contributed by atoms with Gasteiger partial charge in [0.15, 0.2) is 0 Å². The number of aliphatic hydroxyl groups is 1. The molecular formula is C20H28B3N7O3. The number of anilines is 2. The van der Waals surface area contributed by atoms with Crippen LogP contribution in [0.4, 0.5) is 11.6 Å². The highest BCUT2D eigenvalue weighted by Crippen LogP contribution is 2.37. The van der Waals surface area contributed by atoms with E-state index < -0.39 is 5.60 Å². The zero-order valence-electron chi connectivity index (χ0n) is 20.0. The molecule has 33 heavy (non-hydrogen) atoms. The average Bonchev–Trinajstić information content (AvgIpc) is 3.32. The predicted molar refractivity (Wildman–Crippen MR) is 132 cm³/mol. The van der Waals surface area contributed by atoms with E-state index in [9.17, 15) is 10.4 Å². The van der Waals surface area contributed by atoms with Gasteiger partial charge < -0.3 is 24.5 Å². The summed E-state index contributed by atoms with van der Waals surface area (Å²) in [4.78, 5) is 9.12. The quantitative estimate of drug-likeness (QED) is 0.431. The first kappa shape index (κ1) is 23.2. The average molecular weight is 447 g/mol. The van der Waals surface area contributed by atoms with E-state index in [1.807, 2.05) is 45.9 Å². The molecule has 0 unspecified atom stereocenters. The Labute approximate surface area is 195 Å². The summed E-state index contributed by atoms with van der Waals surface area (Å²) in [6.45, 7) is 4.19. The lowest BCUT2D eigenvalue weighted by Gasteiger charge is -2.41. The SMILES string of the molecule is BC(B)(B)n1cc(Nc2ncc3cc(C#N)n([C@@H](C)COC)c3n2)c(O[C@H]2CC[C@@]2(C)O)n1. The predicted octanol–water partition coefficient (Wildman–Crippen LogP) is -0.790. The Hall–Kier alpha value is -2.97. The lowest BCUT2D eigenvalue weighted by molar-refractivity contribution is -0.119. The number of nitrogens with one attached hydrogen (secondary N) is 1. The van der Waals surface area contributed by atoms with Gasteiger partial charge in [0.05, 0.1) is 24.4 Å². The largest absolute Gasteiger partial charge is 0.469 e. The molecule has 1 fully saturated rings. The normalized spacial score (nSPS) is 21.4. The third-order valence-corrected chi connectivity index (χ3v) is 6.01. The second kappa shape index (κ2) is 8.43. The Kier molecular flexibility index (Phi) is 5.93. The lowest BCUT2D eigenvalue weighted by atomic mass is 9.49. The number of rotatable bonds is 8. The fourth-order valence-electron chi connectivity index (χ4n) is 3.91. The minimum atomic E-state index is -0.871. The molecule has 10 nitrogen and oxygen atoms in total. The number of hydrogen-bond acceptors (Lipinski definition) is 8. The van der Waals surface area contributed by atoms with E-state index in [0.29, 0.717) is 41.9 Å². The van der Waals surface area contributed by atoms with Crippen LogP contribution in [0.3, 0.4) is 0 Å². The number of hydrogen-bond donors (Lipinski definition) is 2. The molecule has 3 atom stereocenters. The zero-order chi connectivity index (χ0) is 24.0. The van der Waals surface area contributed by atoms with E-state index in [4.69, 9.17) is 9.47 Å². The van der Waals surface area contributed by atoms with E-state index in [2.05, 4.69) is 26.5 Å². The molecule has 0 aromatic carbocycles. The molecule has 0 bridgehead atoms. The number of nitriles is 1. The Morgan fingerprint density at radius 3 is 2.79 bits per heavy atom. The first-order valence-electron chi connectivity index (χ1n) is 11.1. The summed E-state index contributed by atoms with van der Waals surface area (Å²) in [6, 6.07) is 3.93. The van der Waals surface area contributed by atoms with Gasteiger partial charge in [0, 0.05) is 18.7 Å². The lowest BCUT2D eigenvalue weighted by Crippen LogP contribution is -2.52. The van der Waals surface area contributed by atoms with Crippen LogP contribution in [-0.2, 0) is 9.97 Å². The topological polar surface area (TPSA) is 123 Å². The van der Waals surface area contributed by atoms with Crippen molar-refractivity contribution in [3.05, 3.63) is 24.2 Å². The molecule has 1 aliphatic rings. The van der Waals surface area contributed by atoms with E-state index >= 15 is 0 Å². The first-order chi connectivity index (χ1) is 15.5. The number of methoxy groups -OCH3 is 1. The smallest absolute Gasteiger partial charge is 0.257 e. The minimum Gasteiger partial charge on any atom is -0.469 e. The number of fused-ring (bicyclic) bond motifs is 1. The van der Waals surface area contributed by atoms with Crippen LogP contribution < -0.4 is 10.1 Å². The maximum absolute atomic E-state index is 10.4. The van der Waals surface area contributed by atoms with Crippen LogP contribution in [-0.4, -0.2) is 78.4 Å². The molecule has 0 spiro atoms. The van der Waals surface area contributed by atoms with Gasteiger partial charge in [-0.1, -0.05) is 0 Å². The molecule has 0 aliphatic heterocycles. The van der Waals surface area contributed by atoms with Crippen molar-refractivity contribution in [2.24, 2.45) is 0 Å². The summed E-state index contributed by atoms with van der Waals surface area (Å²) in [7, 11) is 7.76. The molecule has 0 saturated heterocycles. The van der Waals surface area contributed by atoms with Gasteiger partial charge in [-0.3, -0.25) is 4.68 Å². The van der Waals surface area contributed by atoms with Crippen molar-refractivity contribution < 1.29 is 14.6 Å². The van der Waals surface area contributed by atoms with Crippen LogP contribution in [0.25, 0.3) is 11.0 Å². The summed E-state index contributed by atoms with van der Waals surface area (Å²) >= 11 is 0. The summed E-state index contributed by atoms with van der Waals surface area (Å²) in [5, 5.41) is 28.3. The van der Waals surface area contributed by atoms with Crippen LogP contribution in [0.1, 0.15) is 38.4 Å². The van der Waals surface area contributed by atoms with Gasteiger partial charge in [0.1, 0.15) is 52.7 Å². The molecule has 170 valence electrons. The highest BCUT2D eigenvalue weighted by molar-refractivity contribution is 6.56. The fraction of sp³-hybridized carbons (Fsp3) is 0.500. The van der Waals surface area contributed by atoms with Crippen LogP contribution in [0, 0.1) is 11.3 Å². The molecule has 2 N–H and O–H groups in total. The summed E-state index contributed by atoms with van der Waals surface area (Å²) in [5.74, 6) is 0.745. The molecule has 13 heteroatoms. The molecular weight excluding hydrogens is 419 g/mol. The number of ether oxygens (including phenoxy) is 2. The van der Waals surface area contributed by atoms with Crippen molar-refractivity contribution >= 4 is 46.2 Å². The van der Waals surface area contributed by atoms with Gasteiger partial charge >= 0.3 is 0 Å². The van der Waals surface area contributed by atoms with Gasteiger partial charge in [-0.15, -0.1) is 5.10 Å². The third-order valence-electron chi connectivity index (χ3n) is 6.01. The van der Waals surface area contributed by atoms with Gasteiger partial charge in [-0.25, -0.2) is 4.98 Å². The van der Waals surface area contributed by atoms with Crippen molar-refractivity contribution in [2.45, 2.75) is 49.7 Å². The third kappa shape index (κ3) is 4.45. The maximum atomic E-state index is 10.4. The zero-order valence-corrected chi connectivity index (χ0v) is 20.0. The molecule has 0 radical (unpaired) electrons. The van der Waals surface area contributed by atoms with Crippen molar-refractivity contribution in [1.82, 2.24) is 24.3 Å². The Morgan fingerprint density at radius 1 is 1.45 bits per heavy atom. The molecule has 1 aliphatic carbocycles. The monoisotopic (exact) mass is 447 g/mol.